The number of hydrogen-bond donors (Lipinski definition) is 1. The minimum absolute atomic E-state index is 0.228. The maximum absolute atomic E-state index is 12.4. The number of benzene rings is 2. The van der Waals surface area contributed by atoms with Crippen LogP contribution >= 0.6 is 11.8 Å². The van der Waals surface area contributed by atoms with E-state index in [1.807, 2.05) is 0 Å². The van der Waals surface area contributed by atoms with Gasteiger partial charge in [0.2, 0.25) is 0 Å². The topological polar surface area (TPSA) is 102 Å². The summed E-state index contributed by atoms with van der Waals surface area (Å²) in [7, 11) is 1.52. The van der Waals surface area contributed by atoms with Crippen LogP contribution in [0.5, 0.6) is 11.5 Å². The second kappa shape index (κ2) is 8.65. The van der Waals surface area contributed by atoms with Gasteiger partial charge in [0, 0.05) is 12.1 Å². The van der Waals surface area contributed by atoms with Crippen molar-refractivity contribution in [3.63, 3.8) is 0 Å². The van der Waals surface area contributed by atoms with Gasteiger partial charge in [-0.1, -0.05) is 12.1 Å². The van der Waals surface area contributed by atoms with Crippen molar-refractivity contribution < 1.29 is 28.7 Å². The second-order valence-corrected chi connectivity index (χ2v) is 7.78. The molecule has 1 saturated heterocycles. The summed E-state index contributed by atoms with van der Waals surface area (Å²) in [5.74, 6) is -0.00780. The van der Waals surface area contributed by atoms with E-state index >= 15 is 0 Å². The van der Waals surface area contributed by atoms with Crippen LogP contribution in [-0.4, -0.2) is 48.1 Å². The Morgan fingerprint density at radius 2 is 1.74 bits per heavy atom. The number of methoxy groups -OCH3 is 1. The first-order valence-corrected chi connectivity index (χ1v) is 10.3. The van der Waals surface area contributed by atoms with Gasteiger partial charge in [0.15, 0.2) is 0 Å². The van der Waals surface area contributed by atoms with Crippen LogP contribution in [0.4, 0.5) is 4.79 Å². The van der Waals surface area contributed by atoms with E-state index in [0.717, 1.165) is 11.8 Å². The molecule has 0 aromatic heterocycles. The van der Waals surface area contributed by atoms with Crippen molar-refractivity contribution in [2.45, 2.75) is 6.42 Å². The number of ether oxygens (including phenoxy) is 2. The predicted octanol–water partition coefficient (Wildman–Crippen LogP) is 3.08. The first-order chi connectivity index (χ1) is 15.0. The summed E-state index contributed by atoms with van der Waals surface area (Å²) in [6.07, 6.45) is 1.99. The number of amides is 4. The van der Waals surface area contributed by atoms with E-state index in [9.17, 15) is 19.2 Å². The van der Waals surface area contributed by atoms with Gasteiger partial charge in [0.05, 0.1) is 29.7 Å². The SMILES string of the molecule is COc1ccc(OCCCN2C(=O)c3ccccc3C2=O)c(C=C2SC(=O)NC2=O)c1. The third kappa shape index (κ3) is 4.17. The molecule has 0 radical (unpaired) electrons. The Labute approximate surface area is 182 Å². The van der Waals surface area contributed by atoms with E-state index in [1.54, 1.807) is 48.5 Å². The molecule has 0 saturated carbocycles. The predicted molar refractivity (Wildman–Crippen MR) is 114 cm³/mol. The van der Waals surface area contributed by atoms with Gasteiger partial charge < -0.3 is 9.47 Å². The third-order valence-electron chi connectivity index (χ3n) is 4.81. The molecule has 0 bridgehead atoms. The molecule has 9 heteroatoms. The quantitative estimate of drug-likeness (QED) is 0.403. The Kier molecular flexibility index (Phi) is 5.77. The Morgan fingerprint density at radius 3 is 2.35 bits per heavy atom. The van der Waals surface area contributed by atoms with Crippen molar-refractivity contribution in [2.75, 3.05) is 20.3 Å². The summed E-state index contributed by atoms with van der Waals surface area (Å²) in [6.45, 7) is 0.472. The zero-order valence-electron chi connectivity index (χ0n) is 16.5. The molecular weight excluding hydrogens is 420 g/mol. The molecule has 2 aliphatic rings. The van der Waals surface area contributed by atoms with Gasteiger partial charge in [0.25, 0.3) is 23.0 Å². The lowest BCUT2D eigenvalue weighted by molar-refractivity contribution is -0.115. The molecule has 158 valence electrons. The number of carbonyl (C=O) groups is 4. The van der Waals surface area contributed by atoms with Gasteiger partial charge in [-0.15, -0.1) is 0 Å². The molecule has 4 amide bonds. The van der Waals surface area contributed by atoms with Crippen LogP contribution in [0.25, 0.3) is 6.08 Å². The van der Waals surface area contributed by atoms with Crippen LogP contribution in [0.15, 0.2) is 47.4 Å². The molecule has 1 fully saturated rings. The van der Waals surface area contributed by atoms with Crippen molar-refractivity contribution in [1.82, 2.24) is 10.2 Å². The van der Waals surface area contributed by atoms with Gasteiger partial charge in [-0.2, -0.15) is 0 Å². The molecule has 8 nitrogen and oxygen atoms in total. The highest BCUT2D eigenvalue weighted by atomic mass is 32.2. The van der Waals surface area contributed by atoms with Crippen molar-refractivity contribution in [1.29, 1.82) is 0 Å². The molecule has 0 spiro atoms. The maximum atomic E-state index is 12.4. The molecular formula is C22H18N2O6S. The zero-order valence-corrected chi connectivity index (χ0v) is 17.4. The van der Waals surface area contributed by atoms with Gasteiger partial charge in [0.1, 0.15) is 11.5 Å². The van der Waals surface area contributed by atoms with E-state index in [0.29, 0.717) is 34.6 Å². The fourth-order valence-corrected chi connectivity index (χ4v) is 3.98. The fraction of sp³-hybridized carbons (Fsp3) is 0.182. The molecule has 2 heterocycles. The summed E-state index contributed by atoms with van der Waals surface area (Å²) < 4.78 is 11.1. The lowest BCUT2D eigenvalue weighted by Crippen LogP contribution is -2.31. The first kappa shape index (κ1) is 20.7. The summed E-state index contributed by atoms with van der Waals surface area (Å²) in [4.78, 5) is 49.6. The smallest absolute Gasteiger partial charge is 0.290 e. The summed E-state index contributed by atoms with van der Waals surface area (Å²) in [6, 6.07) is 11.9. The van der Waals surface area contributed by atoms with Crippen LogP contribution in [0.2, 0.25) is 0 Å². The van der Waals surface area contributed by atoms with Gasteiger partial charge >= 0.3 is 0 Å². The van der Waals surface area contributed by atoms with Crippen molar-refractivity contribution >= 4 is 40.8 Å². The third-order valence-corrected chi connectivity index (χ3v) is 5.62. The summed E-state index contributed by atoms with van der Waals surface area (Å²) >= 11 is 0.814. The van der Waals surface area contributed by atoms with Crippen LogP contribution in [0, 0.1) is 0 Å². The zero-order chi connectivity index (χ0) is 22.0. The number of carbonyl (C=O) groups excluding carboxylic acids is 4. The molecule has 0 atom stereocenters. The van der Waals surface area contributed by atoms with E-state index in [1.165, 1.54) is 12.0 Å². The van der Waals surface area contributed by atoms with Crippen LogP contribution < -0.4 is 14.8 Å². The van der Waals surface area contributed by atoms with E-state index in [-0.39, 0.29) is 29.9 Å². The summed E-state index contributed by atoms with van der Waals surface area (Å²) in [5, 5.41) is 1.78. The lowest BCUT2D eigenvalue weighted by atomic mass is 10.1. The fourth-order valence-electron chi connectivity index (χ4n) is 3.31. The first-order valence-electron chi connectivity index (χ1n) is 9.49. The maximum Gasteiger partial charge on any atom is 0.290 e. The van der Waals surface area contributed by atoms with E-state index < -0.39 is 11.1 Å². The monoisotopic (exact) mass is 438 g/mol. The Bertz CT molecular complexity index is 1090. The Hall–Kier alpha value is -3.59. The molecule has 0 unspecified atom stereocenters. The number of rotatable bonds is 7. The number of nitrogens with zero attached hydrogens (tertiary/aromatic N) is 1. The Balaban J connectivity index is 1.42. The number of thioether (sulfide) groups is 1. The molecule has 0 aliphatic carbocycles. The average molecular weight is 438 g/mol. The van der Waals surface area contributed by atoms with Crippen LogP contribution in [0.1, 0.15) is 32.7 Å². The van der Waals surface area contributed by atoms with Gasteiger partial charge in [-0.25, -0.2) is 0 Å². The molecule has 4 rings (SSSR count). The highest BCUT2D eigenvalue weighted by Crippen LogP contribution is 2.31. The van der Waals surface area contributed by atoms with Crippen LogP contribution in [-0.2, 0) is 4.79 Å². The summed E-state index contributed by atoms with van der Waals surface area (Å²) in [5.41, 5.74) is 1.41. The van der Waals surface area contributed by atoms with Crippen molar-refractivity contribution in [2.24, 2.45) is 0 Å². The Morgan fingerprint density at radius 1 is 1.03 bits per heavy atom. The number of nitrogens with one attached hydrogen (secondary N) is 1. The van der Waals surface area contributed by atoms with E-state index in [2.05, 4.69) is 5.32 Å². The number of imide groups is 2. The second-order valence-electron chi connectivity index (χ2n) is 6.77. The van der Waals surface area contributed by atoms with Crippen molar-refractivity contribution in [3.8, 4) is 11.5 Å². The van der Waals surface area contributed by atoms with E-state index in [4.69, 9.17) is 9.47 Å². The largest absolute Gasteiger partial charge is 0.497 e. The number of hydrogen-bond acceptors (Lipinski definition) is 7. The highest BCUT2D eigenvalue weighted by Gasteiger charge is 2.34. The molecule has 2 aromatic rings. The van der Waals surface area contributed by atoms with Gasteiger partial charge in [-0.05, 0) is 54.6 Å². The molecule has 2 aromatic carbocycles. The van der Waals surface area contributed by atoms with Crippen LogP contribution in [0.3, 0.4) is 0 Å². The minimum atomic E-state index is -0.464. The minimum Gasteiger partial charge on any atom is -0.497 e. The number of fused-ring (bicyclic) bond motifs is 1. The molecule has 1 N–H and O–H groups in total. The lowest BCUT2D eigenvalue weighted by Gasteiger charge is -2.15. The molecule has 31 heavy (non-hydrogen) atoms. The van der Waals surface area contributed by atoms with Crippen molar-refractivity contribution in [3.05, 3.63) is 64.1 Å². The average Bonchev–Trinajstić information content (AvgIpc) is 3.21. The highest BCUT2D eigenvalue weighted by molar-refractivity contribution is 8.18. The molecule has 2 aliphatic heterocycles. The normalized spacial score (nSPS) is 16.7. The standard InChI is InChI=1S/C22H18N2O6S/c1-29-14-7-8-17(13(11-14)12-18-19(25)23-22(28)31-18)30-10-4-9-24-20(26)15-5-2-3-6-16(15)21(24)27/h2-3,5-8,11-12H,4,9-10H2,1H3,(H,23,25,28). The van der Waals surface area contributed by atoms with Gasteiger partial charge in [-0.3, -0.25) is 29.4 Å².